The molecule has 3 aromatic heterocycles. The van der Waals surface area contributed by atoms with Crippen LogP contribution in [0.4, 0.5) is 0 Å². The molecule has 1 aliphatic heterocycles. The third-order valence-corrected chi connectivity index (χ3v) is 7.18. The van der Waals surface area contributed by atoms with E-state index in [4.69, 9.17) is 4.52 Å². The van der Waals surface area contributed by atoms with Crippen molar-refractivity contribution in [1.29, 1.82) is 0 Å². The molecule has 8 heteroatoms. The molecule has 7 nitrogen and oxygen atoms in total. The van der Waals surface area contributed by atoms with Crippen molar-refractivity contribution in [3.8, 4) is 0 Å². The molecule has 0 saturated carbocycles. The van der Waals surface area contributed by atoms with Crippen molar-refractivity contribution in [2.24, 2.45) is 0 Å². The van der Waals surface area contributed by atoms with Crippen molar-refractivity contribution in [2.75, 3.05) is 13.1 Å². The van der Waals surface area contributed by atoms with Crippen LogP contribution in [0.1, 0.15) is 52.0 Å². The lowest BCUT2D eigenvalue weighted by Crippen LogP contribution is -2.39. The van der Waals surface area contributed by atoms with Crippen molar-refractivity contribution in [3.05, 3.63) is 77.1 Å². The number of aromatic nitrogens is 4. The first kappa shape index (κ1) is 20.8. The van der Waals surface area contributed by atoms with Crippen molar-refractivity contribution < 1.29 is 9.32 Å². The number of pyridine rings is 1. The number of likely N-dealkylation sites (tertiary alicyclic amines) is 1. The summed E-state index contributed by atoms with van der Waals surface area (Å²) in [5.41, 5.74) is 3.58. The van der Waals surface area contributed by atoms with Gasteiger partial charge >= 0.3 is 0 Å². The topological polar surface area (TPSA) is 76.5 Å². The maximum Gasteiger partial charge on any atom is 0.255 e. The summed E-state index contributed by atoms with van der Waals surface area (Å²) in [5, 5.41) is 12.8. The zero-order valence-corrected chi connectivity index (χ0v) is 19.0. The second-order valence-electron chi connectivity index (χ2n) is 8.16. The molecule has 1 amide bonds. The Morgan fingerprint density at radius 2 is 2.00 bits per heavy atom. The zero-order valence-electron chi connectivity index (χ0n) is 18.2. The summed E-state index contributed by atoms with van der Waals surface area (Å²) in [5.74, 6) is 2.73. The number of amides is 1. The standard InChI is InChI=1S/C24H25N5O2S/c1-16-20(17(2)31-27-16)15-32-21-10-4-3-9-19(21)24(30)28-12-7-8-18(14-28)23-26-25-22-11-5-6-13-29(22)23/h3-6,9-11,13,18H,7-8,12,14-15H2,1-2H3. The van der Waals surface area contributed by atoms with Crippen LogP contribution >= 0.6 is 11.8 Å². The van der Waals surface area contributed by atoms with E-state index in [0.29, 0.717) is 6.54 Å². The predicted octanol–water partition coefficient (Wildman–Crippen LogP) is 4.65. The monoisotopic (exact) mass is 447 g/mol. The summed E-state index contributed by atoms with van der Waals surface area (Å²) >= 11 is 1.65. The average Bonchev–Trinajstić information content (AvgIpc) is 3.40. The molecule has 0 radical (unpaired) electrons. The Bertz CT molecular complexity index is 1240. The van der Waals surface area contributed by atoms with Gasteiger partial charge < -0.3 is 9.42 Å². The average molecular weight is 448 g/mol. The molecule has 1 atom stereocenters. The molecule has 1 aromatic carbocycles. The van der Waals surface area contributed by atoms with E-state index in [9.17, 15) is 4.79 Å². The van der Waals surface area contributed by atoms with E-state index < -0.39 is 0 Å². The van der Waals surface area contributed by atoms with Crippen LogP contribution in [0.15, 0.2) is 58.1 Å². The molecule has 0 aliphatic carbocycles. The zero-order chi connectivity index (χ0) is 22.1. The third-order valence-electron chi connectivity index (χ3n) is 6.08. The molecule has 164 valence electrons. The van der Waals surface area contributed by atoms with Gasteiger partial charge in [-0.1, -0.05) is 23.4 Å². The first-order valence-corrected chi connectivity index (χ1v) is 11.8. The van der Waals surface area contributed by atoms with Crippen LogP contribution in [0.2, 0.25) is 0 Å². The van der Waals surface area contributed by atoms with E-state index in [1.54, 1.807) is 11.8 Å². The van der Waals surface area contributed by atoms with E-state index in [1.165, 1.54) is 0 Å². The molecule has 4 heterocycles. The largest absolute Gasteiger partial charge is 0.361 e. The summed E-state index contributed by atoms with van der Waals surface area (Å²) in [6, 6.07) is 13.8. The van der Waals surface area contributed by atoms with E-state index in [1.807, 2.05) is 71.8 Å². The van der Waals surface area contributed by atoms with Crippen LogP contribution in [0.5, 0.6) is 0 Å². The molecule has 1 saturated heterocycles. The Labute approximate surface area is 190 Å². The van der Waals surface area contributed by atoms with E-state index in [2.05, 4.69) is 15.4 Å². The van der Waals surface area contributed by atoms with Crippen molar-refractivity contribution in [2.45, 2.75) is 43.3 Å². The minimum atomic E-state index is 0.0744. The summed E-state index contributed by atoms with van der Waals surface area (Å²) in [6.07, 6.45) is 3.94. The summed E-state index contributed by atoms with van der Waals surface area (Å²) in [4.78, 5) is 16.5. The van der Waals surface area contributed by atoms with E-state index in [-0.39, 0.29) is 11.8 Å². The van der Waals surface area contributed by atoms with Crippen molar-refractivity contribution in [3.63, 3.8) is 0 Å². The van der Waals surface area contributed by atoms with Gasteiger partial charge in [0.25, 0.3) is 5.91 Å². The molecule has 0 bridgehead atoms. The first-order chi connectivity index (χ1) is 15.6. The highest BCUT2D eigenvalue weighted by atomic mass is 32.2. The molecule has 5 rings (SSSR count). The maximum absolute atomic E-state index is 13.5. The van der Waals surface area contributed by atoms with Gasteiger partial charge in [0, 0.05) is 41.4 Å². The minimum absolute atomic E-state index is 0.0744. The number of hydrogen-bond acceptors (Lipinski definition) is 6. The normalized spacial score (nSPS) is 16.6. The highest BCUT2D eigenvalue weighted by molar-refractivity contribution is 7.98. The van der Waals surface area contributed by atoms with Crippen LogP contribution < -0.4 is 0 Å². The van der Waals surface area contributed by atoms with Crippen molar-refractivity contribution in [1.82, 2.24) is 24.7 Å². The number of benzene rings is 1. The van der Waals surface area contributed by atoms with Gasteiger partial charge in [-0.15, -0.1) is 22.0 Å². The summed E-state index contributed by atoms with van der Waals surface area (Å²) in [6.45, 7) is 5.28. The maximum atomic E-state index is 13.5. The molecule has 1 aliphatic rings. The first-order valence-electron chi connectivity index (χ1n) is 10.8. The van der Waals surface area contributed by atoms with Crippen molar-refractivity contribution >= 4 is 23.3 Å². The lowest BCUT2D eigenvalue weighted by Gasteiger charge is -2.32. The molecule has 0 N–H and O–H groups in total. The Morgan fingerprint density at radius 3 is 2.84 bits per heavy atom. The van der Waals surface area contributed by atoms with E-state index >= 15 is 0 Å². The summed E-state index contributed by atoms with van der Waals surface area (Å²) in [7, 11) is 0. The van der Waals surface area contributed by atoms with Gasteiger partial charge in [-0.05, 0) is 51.0 Å². The number of piperidine rings is 1. The number of thioether (sulfide) groups is 1. The van der Waals surface area contributed by atoms with Crippen LogP contribution in [-0.4, -0.2) is 43.7 Å². The molecule has 1 unspecified atom stereocenters. The van der Waals surface area contributed by atoms with Gasteiger partial charge in [-0.3, -0.25) is 9.20 Å². The fraction of sp³-hybridized carbons (Fsp3) is 0.333. The number of rotatable bonds is 5. The molecule has 1 fully saturated rings. The third kappa shape index (κ3) is 3.90. The molecule has 32 heavy (non-hydrogen) atoms. The molecule has 4 aromatic rings. The number of hydrogen-bond donors (Lipinski definition) is 0. The van der Waals surface area contributed by atoms with Gasteiger partial charge in [0.05, 0.1) is 11.3 Å². The minimum Gasteiger partial charge on any atom is -0.361 e. The van der Waals surface area contributed by atoms with E-state index in [0.717, 1.165) is 64.1 Å². The lowest BCUT2D eigenvalue weighted by atomic mass is 9.96. The Kier molecular flexibility index (Phi) is 5.70. The Hall–Kier alpha value is -3.13. The SMILES string of the molecule is Cc1noc(C)c1CSc1ccccc1C(=O)N1CCCC(c2nnc3ccccn23)C1. The van der Waals surface area contributed by atoms with Crippen LogP contribution in [0, 0.1) is 13.8 Å². The molecular formula is C24H25N5O2S. The number of carbonyl (C=O) groups excluding carboxylic acids is 1. The highest BCUT2D eigenvalue weighted by Crippen LogP contribution is 2.32. The van der Waals surface area contributed by atoms with Crippen LogP contribution in [0.3, 0.4) is 0 Å². The van der Waals surface area contributed by atoms with Gasteiger partial charge in [-0.25, -0.2) is 0 Å². The van der Waals surface area contributed by atoms with Gasteiger partial charge in [0.1, 0.15) is 11.6 Å². The highest BCUT2D eigenvalue weighted by Gasteiger charge is 2.29. The lowest BCUT2D eigenvalue weighted by molar-refractivity contribution is 0.0700. The number of nitrogens with zero attached hydrogens (tertiary/aromatic N) is 5. The van der Waals surface area contributed by atoms with Gasteiger partial charge in [-0.2, -0.15) is 0 Å². The van der Waals surface area contributed by atoms with Gasteiger partial charge in [0.2, 0.25) is 0 Å². The Morgan fingerprint density at radius 1 is 1.16 bits per heavy atom. The number of fused-ring (bicyclic) bond motifs is 1. The second kappa shape index (κ2) is 8.78. The van der Waals surface area contributed by atoms with Crippen LogP contribution in [0.25, 0.3) is 5.65 Å². The van der Waals surface area contributed by atoms with Gasteiger partial charge in [0.15, 0.2) is 5.65 Å². The molecular weight excluding hydrogens is 422 g/mol. The second-order valence-corrected chi connectivity index (χ2v) is 9.18. The van der Waals surface area contributed by atoms with Crippen LogP contribution in [-0.2, 0) is 5.75 Å². The number of aryl methyl sites for hydroxylation is 2. The Balaban J connectivity index is 1.35. The number of carbonyl (C=O) groups is 1. The predicted molar refractivity (Wildman–Crippen MR) is 123 cm³/mol. The fourth-order valence-electron chi connectivity index (χ4n) is 4.31. The quantitative estimate of drug-likeness (QED) is 0.415. The molecule has 0 spiro atoms. The fourth-order valence-corrected chi connectivity index (χ4v) is 5.51. The smallest absolute Gasteiger partial charge is 0.255 e. The summed E-state index contributed by atoms with van der Waals surface area (Å²) < 4.78 is 7.32.